The summed E-state index contributed by atoms with van der Waals surface area (Å²) in [5.74, 6) is -1.82. The summed E-state index contributed by atoms with van der Waals surface area (Å²) in [6.45, 7) is 2.77. The van der Waals surface area contributed by atoms with Crippen LogP contribution >= 0.6 is 11.6 Å². The minimum Gasteiger partial charge on any atom is -0.464 e. The van der Waals surface area contributed by atoms with Gasteiger partial charge in [0.1, 0.15) is 0 Å². The lowest BCUT2D eigenvalue weighted by molar-refractivity contribution is -0.207. The second-order valence-corrected chi connectivity index (χ2v) is 6.71. The Hall–Kier alpha value is -2.56. The summed E-state index contributed by atoms with van der Waals surface area (Å²) in [5, 5.41) is 3.15. The molecule has 0 bridgehead atoms. The van der Waals surface area contributed by atoms with Gasteiger partial charge in [0, 0.05) is 24.0 Å². The van der Waals surface area contributed by atoms with E-state index >= 15 is 0 Å². The van der Waals surface area contributed by atoms with E-state index in [0.29, 0.717) is 5.56 Å². The van der Waals surface area contributed by atoms with Gasteiger partial charge < -0.3 is 4.74 Å². The molecule has 3 heterocycles. The van der Waals surface area contributed by atoms with Crippen LogP contribution in [0.3, 0.4) is 0 Å². The van der Waals surface area contributed by atoms with E-state index in [1.54, 1.807) is 0 Å². The molecule has 3 aromatic heterocycles. The van der Waals surface area contributed by atoms with Crippen molar-refractivity contribution in [3.63, 3.8) is 0 Å². The standard InChI is InChI=1S/C16H13ClF5N5O/c1-8(2)13(16(20,21)22)28-12-4-3-9(5-24-12)10-7-27-11(6-23-10)25-26-14(27)15(17,18)19/h3-8,13H,1-2H3. The van der Waals surface area contributed by atoms with Crippen LogP contribution in [0.2, 0.25) is 0 Å². The zero-order chi connectivity index (χ0) is 20.7. The Bertz CT molecular complexity index is 968. The van der Waals surface area contributed by atoms with E-state index in [1.807, 2.05) is 0 Å². The molecule has 0 saturated heterocycles. The molecule has 12 heteroatoms. The van der Waals surface area contributed by atoms with E-state index in [1.165, 1.54) is 44.6 Å². The van der Waals surface area contributed by atoms with Gasteiger partial charge in [-0.15, -0.1) is 10.2 Å². The molecule has 28 heavy (non-hydrogen) atoms. The van der Waals surface area contributed by atoms with Crippen molar-refractivity contribution in [1.82, 2.24) is 24.6 Å². The molecule has 1 atom stereocenters. The summed E-state index contributed by atoms with van der Waals surface area (Å²) < 4.78 is 71.7. The van der Waals surface area contributed by atoms with Gasteiger partial charge in [-0.25, -0.2) is 4.98 Å². The molecule has 0 fully saturated rings. The molecule has 0 aliphatic carbocycles. The number of ether oxygens (including phenoxy) is 1. The van der Waals surface area contributed by atoms with Crippen molar-refractivity contribution in [3.8, 4) is 17.1 Å². The van der Waals surface area contributed by atoms with Crippen LogP contribution in [-0.2, 0) is 5.38 Å². The molecule has 3 rings (SSSR count). The molecule has 150 valence electrons. The number of aromatic nitrogens is 5. The number of pyridine rings is 1. The van der Waals surface area contributed by atoms with Gasteiger partial charge in [0.25, 0.3) is 0 Å². The smallest absolute Gasteiger partial charge is 0.425 e. The fourth-order valence-corrected chi connectivity index (χ4v) is 2.59. The van der Waals surface area contributed by atoms with E-state index in [9.17, 15) is 22.0 Å². The van der Waals surface area contributed by atoms with Crippen molar-refractivity contribution in [2.75, 3.05) is 0 Å². The zero-order valence-corrected chi connectivity index (χ0v) is 15.2. The van der Waals surface area contributed by atoms with Gasteiger partial charge in [-0.05, 0) is 23.6 Å². The third kappa shape index (κ3) is 4.13. The molecule has 0 saturated carbocycles. The van der Waals surface area contributed by atoms with Crippen LogP contribution < -0.4 is 4.74 Å². The molecule has 0 spiro atoms. The maximum absolute atomic E-state index is 13.4. The summed E-state index contributed by atoms with van der Waals surface area (Å²) in [6.07, 6.45) is -2.90. The highest BCUT2D eigenvalue weighted by Crippen LogP contribution is 2.32. The van der Waals surface area contributed by atoms with Gasteiger partial charge in [0.2, 0.25) is 11.7 Å². The topological polar surface area (TPSA) is 65.2 Å². The average molecular weight is 422 g/mol. The minimum atomic E-state index is -4.54. The molecule has 0 N–H and O–H groups in total. The number of hydrogen-bond donors (Lipinski definition) is 0. The Kier molecular flexibility index (Phi) is 5.13. The molecule has 0 aliphatic rings. The van der Waals surface area contributed by atoms with Crippen LogP contribution in [0.4, 0.5) is 22.0 Å². The number of fused-ring (bicyclic) bond motifs is 1. The Morgan fingerprint density at radius 2 is 1.75 bits per heavy atom. The highest BCUT2D eigenvalue weighted by Gasteiger charge is 2.44. The fourth-order valence-electron chi connectivity index (χ4n) is 2.46. The summed E-state index contributed by atoms with van der Waals surface area (Å²) in [6, 6.07) is 2.65. The second kappa shape index (κ2) is 7.12. The summed E-state index contributed by atoms with van der Waals surface area (Å²) >= 11 is 5.01. The van der Waals surface area contributed by atoms with Crippen LogP contribution in [0.25, 0.3) is 16.9 Å². The van der Waals surface area contributed by atoms with Crippen LogP contribution in [0.5, 0.6) is 5.88 Å². The van der Waals surface area contributed by atoms with Crippen LogP contribution in [0, 0.1) is 5.92 Å². The van der Waals surface area contributed by atoms with Gasteiger partial charge in [-0.1, -0.05) is 13.8 Å². The number of alkyl halides is 6. The first kappa shape index (κ1) is 20.2. The summed E-state index contributed by atoms with van der Waals surface area (Å²) in [7, 11) is 0. The normalized spacial score (nSPS) is 13.9. The van der Waals surface area contributed by atoms with Crippen LogP contribution in [0.1, 0.15) is 19.7 Å². The van der Waals surface area contributed by atoms with E-state index in [0.717, 1.165) is 4.40 Å². The van der Waals surface area contributed by atoms with Crippen molar-refractivity contribution in [2.24, 2.45) is 5.92 Å². The van der Waals surface area contributed by atoms with E-state index in [2.05, 4.69) is 20.2 Å². The third-order valence-electron chi connectivity index (χ3n) is 3.75. The van der Waals surface area contributed by atoms with Crippen LogP contribution in [-0.4, -0.2) is 36.8 Å². The van der Waals surface area contributed by atoms with E-state index in [-0.39, 0.29) is 17.2 Å². The summed E-state index contributed by atoms with van der Waals surface area (Å²) in [4.78, 5) is 7.91. The van der Waals surface area contributed by atoms with Crippen molar-refractivity contribution < 1.29 is 26.7 Å². The fraction of sp³-hybridized carbons (Fsp3) is 0.375. The van der Waals surface area contributed by atoms with Gasteiger partial charge in [0.05, 0.1) is 11.9 Å². The highest BCUT2D eigenvalue weighted by atomic mass is 35.5. The first-order valence-corrected chi connectivity index (χ1v) is 8.32. The third-order valence-corrected chi connectivity index (χ3v) is 3.92. The quantitative estimate of drug-likeness (QED) is 0.450. The number of nitrogens with zero attached hydrogens (tertiary/aromatic N) is 5. The molecule has 3 aromatic rings. The lowest BCUT2D eigenvalue weighted by atomic mass is 10.1. The Morgan fingerprint density at radius 3 is 2.29 bits per heavy atom. The highest BCUT2D eigenvalue weighted by molar-refractivity contribution is 6.21. The average Bonchev–Trinajstić information content (AvgIpc) is 3.02. The van der Waals surface area contributed by atoms with Crippen molar-refractivity contribution in [2.45, 2.75) is 31.5 Å². The molecule has 6 nitrogen and oxygen atoms in total. The largest absolute Gasteiger partial charge is 0.464 e. The molecule has 0 aromatic carbocycles. The lowest BCUT2D eigenvalue weighted by Gasteiger charge is -2.24. The molecular weight excluding hydrogens is 409 g/mol. The van der Waals surface area contributed by atoms with E-state index in [4.69, 9.17) is 16.3 Å². The SMILES string of the molecule is CC(C)C(Oc1ccc(-c2cn3c(C(F)(F)Cl)nnc3cn2)cn1)C(F)(F)F. The van der Waals surface area contributed by atoms with E-state index < -0.39 is 29.4 Å². The maximum Gasteiger partial charge on any atom is 0.425 e. The predicted octanol–water partition coefficient (Wildman–Crippen LogP) is 4.44. The van der Waals surface area contributed by atoms with Gasteiger partial charge in [-0.2, -0.15) is 22.0 Å². The molecule has 0 amide bonds. The van der Waals surface area contributed by atoms with Crippen LogP contribution in [0.15, 0.2) is 30.7 Å². The molecular formula is C16H13ClF5N5O. The number of hydrogen-bond acceptors (Lipinski definition) is 5. The van der Waals surface area contributed by atoms with Gasteiger partial charge in [-0.3, -0.25) is 9.38 Å². The van der Waals surface area contributed by atoms with Crippen molar-refractivity contribution >= 4 is 17.2 Å². The zero-order valence-electron chi connectivity index (χ0n) is 14.5. The molecule has 0 radical (unpaired) electrons. The first-order chi connectivity index (χ1) is 13.0. The minimum absolute atomic E-state index is 0.0527. The monoisotopic (exact) mass is 421 g/mol. The van der Waals surface area contributed by atoms with Gasteiger partial charge in [0.15, 0.2) is 11.8 Å². The Balaban J connectivity index is 1.89. The second-order valence-electron chi connectivity index (χ2n) is 6.23. The number of rotatable bonds is 5. The maximum atomic E-state index is 13.4. The summed E-state index contributed by atoms with van der Waals surface area (Å²) in [5.41, 5.74) is 0.626. The predicted molar refractivity (Wildman–Crippen MR) is 89.1 cm³/mol. The Morgan fingerprint density at radius 1 is 1.04 bits per heavy atom. The lowest BCUT2D eigenvalue weighted by Crippen LogP contribution is -2.39. The van der Waals surface area contributed by atoms with Crippen molar-refractivity contribution in [1.29, 1.82) is 0 Å². The number of halogens is 6. The Labute approximate surface area is 160 Å². The van der Waals surface area contributed by atoms with Gasteiger partial charge >= 0.3 is 11.6 Å². The molecule has 1 unspecified atom stereocenters. The molecule has 0 aliphatic heterocycles. The first-order valence-electron chi connectivity index (χ1n) is 7.94. The van der Waals surface area contributed by atoms with Crippen molar-refractivity contribution in [3.05, 3.63) is 36.5 Å².